The molecule has 0 rings (SSSR count). The van der Waals surface area contributed by atoms with Crippen LogP contribution in [0.3, 0.4) is 0 Å². The third kappa shape index (κ3) is 43.0. The molecule has 1 atom stereocenters. The maximum Gasteiger partial charge on any atom is 0.306 e. The topological polar surface area (TPSA) is 78.9 Å². The van der Waals surface area contributed by atoms with E-state index in [4.69, 9.17) is 14.2 Å². The van der Waals surface area contributed by atoms with Crippen molar-refractivity contribution in [3.63, 3.8) is 0 Å². The summed E-state index contributed by atoms with van der Waals surface area (Å²) in [6.07, 6.45) is 50.2. The third-order valence-corrected chi connectivity index (χ3v) is 10.7. The first kappa shape index (κ1) is 53.9. The van der Waals surface area contributed by atoms with Gasteiger partial charge in [0.1, 0.15) is 13.2 Å². The van der Waals surface area contributed by atoms with Crippen LogP contribution in [-0.4, -0.2) is 37.2 Å². The smallest absolute Gasteiger partial charge is 0.306 e. The highest BCUT2D eigenvalue weighted by atomic mass is 16.6. The molecule has 0 aliphatic heterocycles. The highest BCUT2D eigenvalue weighted by Gasteiger charge is 2.19. The van der Waals surface area contributed by atoms with E-state index in [9.17, 15) is 14.4 Å². The fourth-order valence-corrected chi connectivity index (χ4v) is 7.01. The van der Waals surface area contributed by atoms with E-state index in [2.05, 4.69) is 45.1 Å². The van der Waals surface area contributed by atoms with Crippen LogP contribution in [0.15, 0.2) is 24.3 Å². The average molecular weight is 789 g/mol. The van der Waals surface area contributed by atoms with Crippen LogP contribution >= 0.6 is 0 Å². The predicted octanol–water partition coefficient (Wildman–Crippen LogP) is 15.6. The van der Waals surface area contributed by atoms with Crippen molar-refractivity contribution in [1.82, 2.24) is 0 Å². The maximum atomic E-state index is 12.7. The first-order valence-electron chi connectivity index (χ1n) is 24.4. The molecule has 0 saturated heterocycles. The van der Waals surface area contributed by atoms with Crippen molar-refractivity contribution in [3.05, 3.63) is 24.3 Å². The molecule has 0 aliphatic rings. The number of esters is 3. The number of allylic oxidation sites excluding steroid dienone is 4. The number of ether oxygens (including phenoxy) is 3. The van der Waals surface area contributed by atoms with Crippen LogP contribution in [0.4, 0.5) is 0 Å². The summed E-state index contributed by atoms with van der Waals surface area (Å²) in [4.78, 5) is 37.8. The second-order valence-electron chi connectivity index (χ2n) is 16.4. The third-order valence-electron chi connectivity index (χ3n) is 10.7. The Morgan fingerprint density at radius 2 is 0.643 bits per heavy atom. The van der Waals surface area contributed by atoms with E-state index in [1.165, 1.54) is 148 Å². The van der Waals surface area contributed by atoms with E-state index in [0.717, 1.165) is 70.6 Å². The fraction of sp³-hybridized carbons (Fsp3) is 0.860. The molecule has 0 aromatic heterocycles. The Morgan fingerprint density at radius 1 is 0.357 bits per heavy atom. The van der Waals surface area contributed by atoms with Gasteiger partial charge in [-0.2, -0.15) is 0 Å². The lowest BCUT2D eigenvalue weighted by atomic mass is 10.0. The summed E-state index contributed by atoms with van der Waals surface area (Å²) < 4.78 is 16.7. The van der Waals surface area contributed by atoms with Crippen molar-refractivity contribution in [2.24, 2.45) is 0 Å². The monoisotopic (exact) mass is 789 g/mol. The minimum atomic E-state index is -0.777. The SMILES string of the molecule is CCCC/C=C\C=C/CCCCCC(=O)OC(COC(=O)CCCCCCCCCCCCC)COC(=O)CCCCCCCCCCCCCCCCCC. The van der Waals surface area contributed by atoms with Gasteiger partial charge in [0.25, 0.3) is 0 Å². The van der Waals surface area contributed by atoms with Gasteiger partial charge in [-0.05, 0) is 38.5 Å². The molecule has 0 amide bonds. The predicted molar refractivity (Wildman–Crippen MR) is 238 cm³/mol. The van der Waals surface area contributed by atoms with Crippen LogP contribution in [0.25, 0.3) is 0 Å². The number of carbonyl (C=O) groups excluding carboxylic acids is 3. The molecule has 0 aromatic rings. The Bertz CT molecular complexity index is 911. The highest BCUT2D eigenvalue weighted by Crippen LogP contribution is 2.16. The van der Waals surface area contributed by atoms with Gasteiger partial charge >= 0.3 is 17.9 Å². The Hall–Kier alpha value is -2.11. The Kier molecular flexibility index (Phi) is 43.9. The molecule has 0 aliphatic carbocycles. The molecule has 56 heavy (non-hydrogen) atoms. The molecule has 0 bridgehead atoms. The lowest BCUT2D eigenvalue weighted by molar-refractivity contribution is -0.167. The van der Waals surface area contributed by atoms with Gasteiger partial charge in [-0.15, -0.1) is 0 Å². The van der Waals surface area contributed by atoms with Crippen LogP contribution in [0.1, 0.15) is 258 Å². The maximum absolute atomic E-state index is 12.7. The van der Waals surface area contributed by atoms with E-state index in [1.54, 1.807) is 0 Å². The Morgan fingerprint density at radius 3 is 1.00 bits per heavy atom. The zero-order valence-corrected chi connectivity index (χ0v) is 37.4. The van der Waals surface area contributed by atoms with Crippen LogP contribution < -0.4 is 0 Å². The summed E-state index contributed by atoms with van der Waals surface area (Å²) in [5, 5.41) is 0. The van der Waals surface area contributed by atoms with Gasteiger partial charge in [-0.25, -0.2) is 0 Å². The van der Waals surface area contributed by atoms with Gasteiger partial charge in [-0.1, -0.05) is 225 Å². The van der Waals surface area contributed by atoms with Crippen molar-refractivity contribution < 1.29 is 28.6 Å². The molecule has 6 heteroatoms. The van der Waals surface area contributed by atoms with Gasteiger partial charge in [0.05, 0.1) is 0 Å². The van der Waals surface area contributed by atoms with E-state index < -0.39 is 6.10 Å². The van der Waals surface area contributed by atoms with Gasteiger partial charge < -0.3 is 14.2 Å². The lowest BCUT2D eigenvalue weighted by Gasteiger charge is -2.18. The number of carbonyl (C=O) groups is 3. The molecule has 0 spiro atoms. The number of hydrogen-bond donors (Lipinski definition) is 0. The van der Waals surface area contributed by atoms with Crippen LogP contribution in [-0.2, 0) is 28.6 Å². The molecule has 0 N–H and O–H groups in total. The van der Waals surface area contributed by atoms with E-state index in [1.807, 2.05) is 0 Å². The second kappa shape index (κ2) is 45.6. The standard InChI is InChI=1S/C50H92O6/c1-4-7-10-13-16-19-22-23-24-25-26-29-31-34-37-40-43-49(52)55-46-47(56-50(53)44-41-38-35-32-28-21-18-15-12-9-6-3)45-54-48(51)42-39-36-33-30-27-20-17-14-11-8-5-2/h15,18,21,28,47H,4-14,16-17,19-20,22-27,29-46H2,1-3H3/b18-15-,28-21-. The summed E-state index contributed by atoms with van der Waals surface area (Å²) in [5.41, 5.74) is 0. The Balaban J connectivity index is 4.32. The van der Waals surface area contributed by atoms with Crippen molar-refractivity contribution in [3.8, 4) is 0 Å². The quantitative estimate of drug-likeness (QED) is 0.0265. The van der Waals surface area contributed by atoms with Crippen LogP contribution in [0.2, 0.25) is 0 Å². The van der Waals surface area contributed by atoms with Crippen molar-refractivity contribution in [2.45, 2.75) is 264 Å². The van der Waals surface area contributed by atoms with Crippen molar-refractivity contribution in [2.75, 3.05) is 13.2 Å². The molecule has 6 nitrogen and oxygen atoms in total. The summed E-state index contributed by atoms with van der Waals surface area (Å²) in [6, 6.07) is 0. The number of unbranched alkanes of at least 4 members (excludes halogenated alkanes) is 30. The van der Waals surface area contributed by atoms with Crippen molar-refractivity contribution >= 4 is 17.9 Å². The van der Waals surface area contributed by atoms with Gasteiger partial charge in [0.2, 0.25) is 0 Å². The molecule has 0 saturated carbocycles. The zero-order valence-electron chi connectivity index (χ0n) is 37.4. The molecule has 0 heterocycles. The summed E-state index contributed by atoms with van der Waals surface area (Å²) in [6.45, 7) is 6.57. The average Bonchev–Trinajstić information content (AvgIpc) is 3.19. The number of hydrogen-bond acceptors (Lipinski definition) is 6. The van der Waals surface area contributed by atoms with Crippen LogP contribution in [0, 0.1) is 0 Å². The van der Waals surface area contributed by atoms with E-state index in [-0.39, 0.29) is 31.1 Å². The zero-order chi connectivity index (χ0) is 40.8. The van der Waals surface area contributed by atoms with E-state index >= 15 is 0 Å². The second-order valence-corrected chi connectivity index (χ2v) is 16.4. The first-order chi connectivity index (χ1) is 27.5. The van der Waals surface area contributed by atoms with Gasteiger partial charge in [0, 0.05) is 19.3 Å². The first-order valence-corrected chi connectivity index (χ1v) is 24.4. The van der Waals surface area contributed by atoms with Crippen molar-refractivity contribution in [1.29, 1.82) is 0 Å². The minimum Gasteiger partial charge on any atom is -0.462 e. The molecule has 0 fully saturated rings. The molecular formula is C50H92O6. The molecule has 1 unspecified atom stereocenters. The summed E-state index contributed by atoms with van der Waals surface area (Å²) >= 11 is 0. The molecule has 0 radical (unpaired) electrons. The fourth-order valence-electron chi connectivity index (χ4n) is 7.01. The van der Waals surface area contributed by atoms with Gasteiger partial charge in [0.15, 0.2) is 6.10 Å². The number of rotatable bonds is 44. The highest BCUT2D eigenvalue weighted by molar-refractivity contribution is 5.71. The lowest BCUT2D eigenvalue weighted by Crippen LogP contribution is -2.30. The van der Waals surface area contributed by atoms with Gasteiger partial charge in [-0.3, -0.25) is 14.4 Å². The van der Waals surface area contributed by atoms with Crippen LogP contribution in [0.5, 0.6) is 0 Å². The minimum absolute atomic E-state index is 0.0777. The summed E-state index contributed by atoms with van der Waals surface area (Å²) in [5.74, 6) is -0.897. The molecular weight excluding hydrogens is 697 g/mol. The molecule has 328 valence electrons. The summed E-state index contributed by atoms with van der Waals surface area (Å²) in [7, 11) is 0. The largest absolute Gasteiger partial charge is 0.462 e. The molecule has 0 aromatic carbocycles. The van der Waals surface area contributed by atoms with E-state index in [0.29, 0.717) is 19.3 Å². The normalized spacial score (nSPS) is 12.1. The Labute approximate surface area is 347 Å².